The van der Waals surface area contributed by atoms with Crippen molar-refractivity contribution in [1.82, 2.24) is 9.80 Å². The molecule has 0 N–H and O–H groups in total. The maximum atomic E-state index is 13.3. The molecule has 2 heterocycles. The minimum Gasteiger partial charge on any atom is -0.467 e. The number of ether oxygens (including phenoxy) is 1. The molecule has 1 saturated heterocycles. The Morgan fingerprint density at radius 3 is 2.47 bits per heavy atom. The van der Waals surface area contributed by atoms with Crippen LogP contribution in [-0.4, -0.2) is 47.4 Å². The Morgan fingerprint density at radius 1 is 1.03 bits per heavy atom. The van der Waals surface area contributed by atoms with Crippen LogP contribution in [0, 0.1) is 5.92 Å². The fourth-order valence-corrected chi connectivity index (χ4v) is 3.66. The Labute approximate surface area is 178 Å². The minimum absolute atomic E-state index is 0.00603. The average molecular weight is 413 g/mol. The molecular weight excluding hydrogens is 380 g/mol. The summed E-state index contributed by atoms with van der Waals surface area (Å²) >= 11 is 0. The van der Waals surface area contributed by atoms with Gasteiger partial charge in [0.2, 0.25) is 11.8 Å². The van der Waals surface area contributed by atoms with Crippen molar-refractivity contribution in [2.75, 3.05) is 19.7 Å². The van der Waals surface area contributed by atoms with Crippen molar-refractivity contribution in [3.63, 3.8) is 0 Å². The van der Waals surface area contributed by atoms with Gasteiger partial charge in [-0.2, -0.15) is 0 Å². The standard InChI is InChI=1S/C24H32N2O4/c1-19(2)14-23(27)26(17-22-11-7-13-30-22)18-24(28)25(16-21-10-6-12-29-21)15-20-8-4-3-5-9-20/h3-6,8-10,12,19,22H,7,11,13-18H2,1-2H3. The van der Waals surface area contributed by atoms with Crippen molar-refractivity contribution in [3.05, 3.63) is 60.1 Å². The van der Waals surface area contributed by atoms with Crippen LogP contribution in [0.2, 0.25) is 0 Å². The van der Waals surface area contributed by atoms with Crippen molar-refractivity contribution in [2.45, 2.75) is 52.3 Å². The molecule has 0 saturated carbocycles. The molecule has 0 spiro atoms. The van der Waals surface area contributed by atoms with Crippen LogP contribution in [0.5, 0.6) is 0 Å². The van der Waals surface area contributed by atoms with Gasteiger partial charge >= 0.3 is 0 Å². The van der Waals surface area contributed by atoms with Crippen molar-refractivity contribution in [3.8, 4) is 0 Å². The van der Waals surface area contributed by atoms with E-state index >= 15 is 0 Å². The summed E-state index contributed by atoms with van der Waals surface area (Å²) in [6.45, 7) is 6.12. The van der Waals surface area contributed by atoms with Crippen molar-refractivity contribution < 1.29 is 18.7 Å². The van der Waals surface area contributed by atoms with Gasteiger partial charge in [-0.15, -0.1) is 0 Å². The predicted octanol–water partition coefficient (Wildman–Crippen LogP) is 3.86. The zero-order chi connectivity index (χ0) is 21.3. The number of hydrogen-bond donors (Lipinski definition) is 0. The summed E-state index contributed by atoms with van der Waals surface area (Å²) in [4.78, 5) is 29.6. The second kappa shape index (κ2) is 11.0. The first-order valence-corrected chi connectivity index (χ1v) is 10.7. The van der Waals surface area contributed by atoms with Gasteiger partial charge in [0.15, 0.2) is 0 Å². The van der Waals surface area contributed by atoms with E-state index in [4.69, 9.17) is 9.15 Å². The number of rotatable bonds is 10. The van der Waals surface area contributed by atoms with E-state index in [1.54, 1.807) is 16.1 Å². The Balaban J connectivity index is 1.72. The van der Waals surface area contributed by atoms with Gasteiger partial charge in [0.25, 0.3) is 0 Å². The molecule has 0 bridgehead atoms. The lowest BCUT2D eigenvalue weighted by atomic mass is 10.1. The number of amides is 2. The molecule has 2 aromatic rings. The number of nitrogens with zero attached hydrogens (tertiary/aromatic N) is 2. The molecule has 1 aromatic heterocycles. The van der Waals surface area contributed by atoms with Crippen LogP contribution in [0.25, 0.3) is 0 Å². The summed E-state index contributed by atoms with van der Waals surface area (Å²) < 4.78 is 11.2. The van der Waals surface area contributed by atoms with Gasteiger partial charge in [-0.25, -0.2) is 0 Å². The maximum Gasteiger partial charge on any atom is 0.242 e. The van der Waals surface area contributed by atoms with E-state index in [-0.39, 0.29) is 30.4 Å². The number of benzene rings is 1. The summed E-state index contributed by atoms with van der Waals surface area (Å²) in [6.07, 6.45) is 3.98. The smallest absolute Gasteiger partial charge is 0.242 e. The highest BCUT2D eigenvalue weighted by molar-refractivity contribution is 5.85. The topological polar surface area (TPSA) is 63.0 Å². The summed E-state index contributed by atoms with van der Waals surface area (Å²) in [5, 5.41) is 0. The molecular formula is C24H32N2O4. The van der Waals surface area contributed by atoms with Gasteiger partial charge in [0.1, 0.15) is 5.76 Å². The Morgan fingerprint density at radius 2 is 1.83 bits per heavy atom. The molecule has 30 heavy (non-hydrogen) atoms. The first-order valence-electron chi connectivity index (χ1n) is 10.7. The molecule has 1 fully saturated rings. The fraction of sp³-hybridized carbons (Fsp3) is 0.500. The fourth-order valence-electron chi connectivity index (χ4n) is 3.66. The monoisotopic (exact) mass is 412 g/mol. The lowest BCUT2D eigenvalue weighted by Gasteiger charge is -2.29. The molecule has 0 radical (unpaired) electrons. The van der Waals surface area contributed by atoms with Crippen LogP contribution < -0.4 is 0 Å². The highest BCUT2D eigenvalue weighted by atomic mass is 16.5. The van der Waals surface area contributed by atoms with E-state index in [9.17, 15) is 9.59 Å². The zero-order valence-electron chi connectivity index (χ0n) is 18.0. The van der Waals surface area contributed by atoms with E-state index in [0.717, 1.165) is 30.8 Å². The third kappa shape index (κ3) is 6.73. The second-order valence-electron chi connectivity index (χ2n) is 8.32. The lowest BCUT2D eigenvalue weighted by molar-refractivity contribution is -0.143. The Bertz CT molecular complexity index is 783. The third-order valence-corrected chi connectivity index (χ3v) is 5.21. The number of hydrogen-bond acceptors (Lipinski definition) is 4. The Hall–Kier alpha value is -2.60. The van der Waals surface area contributed by atoms with Crippen LogP contribution in [-0.2, 0) is 27.4 Å². The maximum absolute atomic E-state index is 13.3. The average Bonchev–Trinajstić information content (AvgIpc) is 3.41. The van der Waals surface area contributed by atoms with Crippen molar-refractivity contribution in [2.24, 2.45) is 5.92 Å². The molecule has 1 aliphatic heterocycles. The quantitative estimate of drug-likeness (QED) is 0.594. The summed E-state index contributed by atoms with van der Waals surface area (Å²) in [7, 11) is 0. The summed E-state index contributed by atoms with van der Waals surface area (Å²) in [5.74, 6) is 0.874. The zero-order valence-corrected chi connectivity index (χ0v) is 18.0. The van der Waals surface area contributed by atoms with Gasteiger partial charge < -0.3 is 19.0 Å². The normalized spacial score (nSPS) is 16.0. The van der Waals surface area contributed by atoms with E-state index in [1.165, 1.54) is 0 Å². The number of carbonyl (C=O) groups is 2. The van der Waals surface area contributed by atoms with Gasteiger partial charge in [0.05, 0.1) is 25.5 Å². The first-order chi connectivity index (χ1) is 14.5. The molecule has 0 aliphatic carbocycles. The van der Waals surface area contributed by atoms with E-state index in [2.05, 4.69) is 0 Å². The van der Waals surface area contributed by atoms with Gasteiger partial charge in [0, 0.05) is 26.1 Å². The first kappa shape index (κ1) is 22.1. The summed E-state index contributed by atoms with van der Waals surface area (Å²) in [6, 6.07) is 13.5. The molecule has 1 aromatic carbocycles. The molecule has 1 unspecified atom stereocenters. The van der Waals surface area contributed by atoms with Crippen LogP contribution in [0.3, 0.4) is 0 Å². The predicted molar refractivity (Wildman–Crippen MR) is 114 cm³/mol. The van der Waals surface area contributed by atoms with E-state index in [0.29, 0.717) is 26.1 Å². The molecule has 6 heteroatoms. The van der Waals surface area contributed by atoms with Crippen LogP contribution >= 0.6 is 0 Å². The summed E-state index contributed by atoms with van der Waals surface area (Å²) in [5.41, 5.74) is 1.04. The highest BCUT2D eigenvalue weighted by Gasteiger charge is 2.27. The van der Waals surface area contributed by atoms with E-state index < -0.39 is 0 Å². The number of furan rings is 1. The number of carbonyl (C=O) groups excluding carboxylic acids is 2. The molecule has 3 rings (SSSR count). The largest absolute Gasteiger partial charge is 0.467 e. The lowest BCUT2D eigenvalue weighted by Crippen LogP contribution is -2.45. The highest BCUT2D eigenvalue weighted by Crippen LogP contribution is 2.17. The van der Waals surface area contributed by atoms with Crippen LogP contribution in [0.1, 0.15) is 44.4 Å². The third-order valence-electron chi connectivity index (χ3n) is 5.21. The van der Waals surface area contributed by atoms with Crippen molar-refractivity contribution in [1.29, 1.82) is 0 Å². The van der Waals surface area contributed by atoms with Crippen LogP contribution in [0.4, 0.5) is 0 Å². The molecule has 6 nitrogen and oxygen atoms in total. The second-order valence-corrected chi connectivity index (χ2v) is 8.32. The Kier molecular flexibility index (Phi) is 8.08. The molecule has 1 atom stereocenters. The molecule has 1 aliphatic rings. The van der Waals surface area contributed by atoms with E-state index in [1.807, 2.05) is 56.3 Å². The van der Waals surface area contributed by atoms with Gasteiger partial charge in [-0.3, -0.25) is 9.59 Å². The SMILES string of the molecule is CC(C)CC(=O)N(CC(=O)N(Cc1ccccc1)Cc1ccco1)CC1CCCO1. The van der Waals surface area contributed by atoms with Crippen molar-refractivity contribution >= 4 is 11.8 Å². The molecule has 162 valence electrons. The van der Waals surface area contributed by atoms with Gasteiger partial charge in [-0.05, 0) is 36.5 Å². The van der Waals surface area contributed by atoms with Crippen LogP contribution in [0.15, 0.2) is 53.1 Å². The molecule has 2 amide bonds. The minimum atomic E-state index is -0.0923. The van der Waals surface area contributed by atoms with Gasteiger partial charge in [-0.1, -0.05) is 44.2 Å².